The number of ketones is 1. The molecule has 4 rings (SSSR count). The van der Waals surface area contributed by atoms with E-state index in [2.05, 4.69) is 4.98 Å². The highest BCUT2D eigenvalue weighted by Gasteiger charge is 2.50. The monoisotopic (exact) mass is 490 g/mol. The van der Waals surface area contributed by atoms with Crippen LogP contribution in [-0.2, 0) is 26.1 Å². The van der Waals surface area contributed by atoms with E-state index in [1.165, 1.54) is 18.5 Å². The van der Waals surface area contributed by atoms with Crippen molar-refractivity contribution in [1.82, 2.24) is 9.55 Å². The first-order valence-electron chi connectivity index (χ1n) is 10.9. The first kappa shape index (κ1) is 24.7. The number of aryl methyl sites for hydroxylation is 1. The maximum atomic E-state index is 14.8. The predicted octanol–water partition coefficient (Wildman–Crippen LogP) is 3.04. The minimum atomic E-state index is -2.84. The standard InChI is InChI=1S/C22H26F4N2O6/c1-10(4-11(2)29)6-30-14-7-32-21-15(8-33-20(14)21)34-22-27-18-12(23)5-13(31-9-16(24)25)17(26)19(18)28(22)3/h5,10,14-16,20-21H,4,6-9H2,1-3H3/t10-,14+,15-,20-,21-/m1/s1. The van der Waals surface area contributed by atoms with Crippen molar-refractivity contribution >= 4 is 16.8 Å². The molecule has 0 bridgehead atoms. The molecule has 188 valence electrons. The average molecular weight is 490 g/mol. The third kappa shape index (κ3) is 4.98. The molecule has 34 heavy (non-hydrogen) atoms. The van der Waals surface area contributed by atoms with E-state index in [1.807, 2.05) is 6.92 Å². The second-order valence-electron chi connectivity index (χ2n) is 8.66. The fourth-order valence-corrected chi connectivity index (χ4v) is 4.27. The number of carbonyl (C=O) groups excluding carboxylic acids is 1. The Bertz CT molecular complexity index is 1050. The van der Waals surface area contributed by atoms with Gasteiger partial charge >= 0.3 is 0 Å². The molecule has 1 aromatic heterocycles. The van der Waals surface area contributed by atoms with Crippen LogP contribution in [0.3, 0.4) is 0 Å². The van der Waals surface area contributed by atoms with E-state index in [1.54, 1.807) is 0 Å². The summed E-state index contributed by atoms with van der Waals surface area (Å²) in [6.45, 7) is 3.19. The van der Waals surface area contributed by atoms with Crippen LogP contribution in [0.5, 0.6) is 11.8 Å². The molecule has 12 heteroatoms. The van der Waals surface area contributed by atoms with E-state index in [4.69, 9.17) is 23.7 Å². The van der Waals surface area contributed by atoms with E-state index < -0.39 is 48.7 Å². The molecule has 0 unspecified atom stereocenters. The van der Waals surface area contributed by atoms with Crippen LogP contribution in [0.15, 0.2) is 6.07 Å². The number of ether oxygens (including phenoxy) is 5. The lowest BCUT2D eigenvalue weighted by atomic mass is 10.1. The van der Waals surface area contributed by atoms with Crippen LogP contribution in [-0.4, -0.2) is 72.6 Å². The van der Waals surface area contributed by atoms with Crippen LogP contribution in [0.25, 0.3) is 11.0 Å². The van der Waals surface area contributed by atoms with Gasteiger partial charge in [-0.15, -0.1) is 0 Å². The van der Waals surface area contributed by atoms with Gasteiger partial charge in [0.05, 0.1) is 19.8 Å². The third-order valence-corrected chi connectivity index (χ3v) is 5.78. The minimum Gasteiger partial charge on any atom is -0.484 e. The van der Waals surface area contributed by atoms with Crippen molar-refractivity contribution in [2.45, 2.75) is 51.1 Å². The van der Waals surface area contributed by atoms with Gasteiger partial charge in [0, 0.05) is 19.5 Å². The number of imidazole rings is 1. The number of Topliss-reactive ketones (excluding diaryl/α,β-unsaturated/α-hetero) is 1. The van der Waals surface area contributed by atoms with E-state index in [0.29, 0.717) is 19.1 Å². The van der Waals surface area contributed by atoms with Crippen molar-refractivity contribution in [2.75, 3.05) is 26.4 Å². The summed E-state index contributed by atoms with van der Waals surface area (Å²) in [5, 5.41) is 0. The number of fused-ring (bicyclic) bond motifs is 2. The Morgan fingerprint density at radius 3 is 2.56 bits per heavy atom. The lowest BCUT2D eigenvalue weighted by Crippen LogP contribution is -2.36. The molecule has 0 N–H and O–H groups in total. The summed E-state index contributed by atoms with van der Waals surface area (Å²) >= 11 is 0. The second kappa shape index (κ2) is 10.0. The summed E-state index contributed by atoms with van der Waals surface area (Å²) in [5.74, 6) is -2.44. The molecule has 0 radical (unpaired) electrons. The number of carbonyl (C=O) groups is 1. The largest absolute Gasteiger partial charge is 0.484 e. The van der Waals surface area contributed by atoms with Crippen molar-refractivity contribution in [3.05, 3.63) is 17.7 Å². The Morgan fingerprint density at radius 2 is 1.88 bits per heavy atom. The molecular formula is C22H26F4N2O6. The van der Waals surface area contributed by atoms with Gasteiger partial charge in [-0.1, -0.05) is 6.92 Å². The number of rotatable bonds is 10. The summed E-state index contributed by atoms with van der Waals surface area (Å²) in [7, 11) is 1.41. The van der Waals surface area contributed by atoms with Gasteiger partial charge in [-0.3, -0.25) is 4.57 Å². The van der Waals surface area contributed by atoms with Crippen LogP contribution in [0.2, 0.25) is 0 Å². The zero-order chi connectivity index (χ0) is 24.6. The van der Waals surface area contributed by atoms with Crippen LogP contribution in [0.1, 0.15) is 20.3 Å². The van der Waals surface area contributed by atoms with E-state index in [9.17, 15) is 22.4 Å². The Hall–Kier alpha value is -2.44. The summed E-state index contributed by atoms with van der Waals surface area (Å²) in [4.78, 5) is 15.3. The molecule has 0 aliphatic carbocycles. The number of hydrogen-bond acceptors (Lipinski definition) is 7. The maximum absolute atomic E-state index is 14.8. The Morgan fingerprint density at radius 1 is 1.21 bits per heavy atom. The van der Waals surface area contributed by atoms with Crippen molar-refractivity contribution in [2.24, 2.45) is 13.0 Å². The zero-order valence-electron chi connectivity index (χ0n) is 18.9. The van der Waals surface area contributed by atoms with Gasteiger partial charge in [0.2, 0.25) is 0 Å². The average Bonchev–Trinajstić information content (AvgIpc) is 3.43. The van der Waals surface area contributed by atoms with Crippen molar-refractivity contribution in [1.29, 1.82) is 0 Å². The molecular weight excluding hydrogens is 464 g/mol. The minimum absolute atomic E-state index is 0.0596. The van der Waals surface area contributed by atoms with E-state index >= 15 is 0 Å². The van der Waals surface area contributed by atoms with Gasteiger partial charge in [0.1, 0.15) is 41.7 Å². The molecule has 0 spiro atoms. The van der Waals surface area contributed by atoms with Gasteiger partial charge in [0.15, 0.2) is 23.5 Å². The third-order valence-electron chi connectivity index (χ3n) is 5.78. The highest BCUT2D eigenvalue weighted by Crippen LogP contribution is 2.35. The Labute approximate surface area is 193 Å². The topological polar surface area (TPSA) is 81.0 Å². The molecule has 1 aromatic carbocycles. The Kier molecular flexibility index (Phi) is 7.29. The number of hydrogen-bond donors (Lipinski definition) is 0. The maximum Gasteiger partial charge on any atom is 0.297 e. The number of benzene rings is 1. The Balaban J connectivity index is 1.45. The SMILES string of the molecule is CC(=O)C[C@@H](C)CO[C@H]1CO[C@H]2[C@@H]1OC[C@H]2Oc1nc2c(F)cc(OCC(F)F)c(F)c2n1C. The number of nitrogens with zero attached hydrogens (tertiary/aromatic N) is 2. The van der Waals surface area contributed by atoms with Gasteiger partial charge < -0.3 is 28.5 Å². The molecule has 2 aliphatic rings. The second-order valence-corrected chi connectivity index (χ2v) is 8.66. The van der Waals surface area contributed by atoms with Crippen LogP contribution in [0, 0.1) is 17.6 Å². The fraction of sp³-hybridized carbons (Fsp3) is 0.636. The summed E-state index contributed by atoms with van der Waals surface area (Å²) in [6.07, 6.45) is -4.24. The zero-order valence-corrected chi connectivity index (χ0v) is 18.9. The van der Waals surface area contributed by atoms with Crippen LogP contribution < -0.4 is 9.47 Å². The molecule has 2 aromatic rings. The van der Waals surface area contributed by atoms with E-state index in [-0.39, 0.29) is 48.1 Å². The van der Waals surface area contributed by atoms with Crippen molar-refractivity contribution in [3.8, 4) is 11.8 Å². The smallest absolute Gasteiger partial charge is 0.297 e. The molecule has 3 heterocycles. The molecule has 0 amide bonds. The number of aromatic nitrogens is 2. The highest BCUT2D eigenvalue weighted by atomic mass is 19.3. The van der Waals surface area contributed by atoms with Crippen molar-refractivity contribution in [3.63, 3.8) is 0 Å². The van der Waals surface area contributed by atoms with Gasteiger partial charge in [-0.05, 0) is 12.8 Å². The van der Waals surface area contributed by atoms with Crippen LogP contribution in [0.4, 0.5) is 17.6 Å². The molecule has 5 atom stereocenters. The summed E-state index contributed by atoms with van der Waals surface area (Å²) in [6, 6.07) is 0.594. The first-order valence-corrected chi connectivity index (χ1v) is 10.9. The fourth-order valence-electron chi connectivity index (χ4n) is 4.27. The molecule has 2 saturated heterocycles. The lowest BCUT2D eigenvalue weighted by molar-refractivity contribution is -0.118. The number of halogens is 4. The summed E-state index contributed by atoms with van der Waals surface area (Å²) < 4.78 is 83.5. The highest BCUT2D eigenvalue weighted by molar-refractivity contribution is 5.80. The number of alkyl halides is 2. The predicted molar refractivity (Wildman–Crippen MR) is 110 cm³/mol. The molecule has 2 aliphatic heterocycles. The van der Waals surface area contributed by atoms with Gasteiger partial charge in [0.25, 0.3) is 12.4 Å². The van der Waals surface area contributed by atoms with Crippen LogP contribution >= 0.6 is 0 Å². The van der Waals surface area contributed by atoms with Crippen molar-refractivity contribution < 1.29 is 46.0 Å². The lowest BCUT2D eigenvalue weighted by Gasteiger charge is -2.19. The normalized spacial score (nSPS) is 25.2. The quantitative estimate of drug-likeness (QED) is 0.474. The molecule has 2 fully saturated rings. The van der Waals surface area contributed by atoms with Gasteiger partial charge in [-0.2, -0.15) is 4.98 Å². The van der Waals surface area contributed by atoms with Gasteiger partial charge in [-0.25, -0.2) is 17.6 Å². The summed E-state index contributed by atoms with van der Waals surface area (Å²) in [5.41, 5.74) is -0.592. The van der Waals surface area contributed by atoms with E-state index in [0.717, 1.165) is 0 Å². The first-order chi connectivity index (χ1) is 16.2. The molecule has 0 saturated carbocycles. The molecule has 8 nitrogen and oxygen atoms in total.